The summed E-state index contributed by atoms with van der Waals surface area (Å²) in [5.74, 6) is -1.30. The fourth-order valence-electron chi connectivity index (χ4n) is 3.36. The lowest BCUT2D eigenvalue weighted by Gasteiger charge is -2.29. The zero-order valence-corrected chi connectivity index (χ0v) is 16.2. The Morgan fingerprint density at radius 1 is 1.10 bits per heavy atom. The van der Waals surface area contributed by atoms with Gasteiger partial charge in [0.2, 0.25) is 5.91 Å². The molecule has 1 heterocycles. The summed E-state index contributed by atoms with van der Waals surface area (Å²) < 4.78 is 1.39. The Bertz CT molecular complexity index is 1080. The van der Waals surface area contributed by atoms with Crippen LogP contribution in [0.15, 0.2) is 65.7 Å². The van der Waals surface area contributed by atoms with Gasteiger partial charge in [0.25, 0.3) is 5.56 Å². The Morgan fingerprint density at radius 2 is 1.79 bits per heavy atom. The number of carboxylic acids is 1. The minimum absolute atomic E-state index is 0.0213. The second-order valence-electron chi connectivity index (χ2n) is 6.89. The number of aromatic nitrogens is 2. The largest absolute Gasteiger partial charge is 0.481 e. The summed E-state index contributed by atoms with van der Waals surface area (Å²) in [6, 6.07) is 15.9. The van der Waals surface area contributed by atoms with Crippen molar-refractivity contribution in [2.75, 3.05) is 6.54 Å². The van der Waals surface area contributed by atoms with Crippen LogP contribution in [0.2, 0.25) is 0 Å². The van der Waals surface area contributed by atoms with Crippen molar-refractivity contribution in [3.63, 3.8) is 0 Å². The van der Waals surface area contributed by atoms with Gasteiger partial charge in [0.15, 0.2) is 0 Å². The van der Waals surface area contributed by atoms with Gasteiger partial charge < -0.3 is 10.4 Å². The van der Waals surface area contributed by atoms with Crippen molar-refractivity contribution in [2.24, 2.45) is 0 Å². The maximum Gasteiger partial charge on any atom is 0.315 e. The first-order valence-electron chi connectivity index (χ1n) is 9.48. The SMILES string of the molecule is CCC(CNC(=O)CCn1cnc2ccccc2c1=O)(C(=O)O)c1ccccc1. The Morgan fingerprint density at radius 3 is 2.48 bits per heavy atom. The number of benzene rings is 2. The topological polar surface area (TPSA) is 101 Å². The molecule has 7 nitrogen and oxygen atoms in total. The van der Waals surface area contributed by atoms with Crippen LogP contribution in [0, 0.1) is 0 Å². The fourth-order valence-corrected chi connectivity index (χ4v) is 3.36. The summed E-state index contributed by atoms with van der Waals surface area (Å²) in [4.78, 5) is 41.1. The lowest BCUT2D eigenvalue weighted by molar-refractivity contribution is -0.144. The first-order chi connectivity index (χ1) is 14.0. The molecule has 0 saturated carbocycles. The number of fused-ring (bicyclic) bond motifs is 1. The second kappa shape index (κ2) is 8.68. The molecular weight excluding hydrogens is 370 g/mol. The number of nitrogens with zero attached hydrogens (tertiary/aromatic N) is 2. The van der Waals surface area contributed by atoms with Crippen LogP contribution in [0.5, 0.6) is 0 Å². The third-order valence-electron chi connectivity index (χ3n) is 5.24. The molecule has 1 atom stereocenters. The molecule has 0 aliphatic heterocycles. The van der Waals surface area contributed by atoms with Crippen LogP contribution in [0.1, 0.15) is 25.3 Å². The molecule has 2 N–H and O–H groups in total. The van der Waals surface area contributed by atoms with Gasteiger partial charge in [-0.2, -0.15) is 0 Å². The molecule has 1 unspecified atom stereocenters. The number of carbonyl (C=O) groups excluding carboxylic acids is 1. The van der Waals surface area contributed by atoms with Gasteiger partial charge >= 0.3 is 5.97 Å². The Balaban J connectivity index is 1.68. The number of carbonyl (C=O) groups is 2. The first-order valence-corrected chi connectivity index (χ1v) is 9.48. The minimum atomic E-state index is -1.20. The van der Waals surface area contributed by atoms with Gasteiger partial charge in [-0.05, 0) is 24.1 Å². The quantitative estimate of drug-likeness (QED) is 0.612. The van der Waals surface area contributed by atoms with Gasteiger partial charge in [-0.1, -0.05) is 49.4 Å². The molecule has 0 fully saturated rings. The van der Waals surface area contributed by atoms with Crippen molar-refractivity contribution in [1.29, 1.82) is 0 Å². The van der Waals surface area contributed by atoms with Crippen molar-refractivity contribution < 1.29 is 14.7 Å². The third kappa shape index (κ3) is 4.18. The number of aryl methyl sites for hydroxylation is 1. The van der Waals surface area contributed by atoms with Crippen LogP contribution in [-0.2, 0) is 21.5 Å². The maximum absolute atomic E-state index is 12.5. The molecule has 0 bridgehead atoms. The van der Waals surface area contributed by atoms with Gasteiger partial charge in [0.1, 0.15) is 5.41 Å². The number of hydrogen-bond donors (Lipinski definition) is 2. The fraction of sp³-hybridized carbons (Fsp3) is 0.273. The van der Waals surface area contributed by atoms with Crippen molar-refractivity contribution in [1.82, 2.24) is 14.9 Å². The molecule has 0 radical (unpaired) electrons. The molecule has 0 aliphatic carbocycles. The maximum atomic E-state index is 12.5. The van der Waals surface area contributed by atoms with Crippen LogP contribution in [0.3, 0.4) is 0 Å². The highest BCUT2D eigenvalue weighted by Gasteiger charge is 2.38. The van der Waals surface area contributed by atoms with Gasteiger partial charge in [-0.25, -0.2) is 4.98 Å². The molecule has 29 heavy (non-hydrogen) atoms. The number of rotatable bonds is 8. The lowest BCUT2D eigenvalue weighted by atomic mass is 9.78. The van der Waals surface area contributed by atoms with E-state index in [0.717, 1.165) is 0 Å². The third-order valence-corrected chi connectivity index (χ3v) is 5.24. The number of nitrogens with one attached hydrogen (secondary N) is 1. The van der Waals surface area contributed by atoms with Crippen LogP contribution in [0.4, 0.5) is 0 Å². The molecule has 1 amide bonds. The molecule has 3 rings (SSSR count). The van der Waals surface area contributed by atoms with Crippen molar-refractivity contribution in [3.05, 3.63) is 76.8 Å². The summed E-state index contributed by atoms with van der Waals surface area (Å²) in [5.41, 5.74) is -0.153. The molecule has 2 aromatic carbocycles. The highest BCUT2D eigenvalue weighted by molar-refractivity contribution is 5.83. The highest BCUT2D eigenvalue weighted by Crippen LogP contribution is 2.27. The average molecular weight is 393 g/mol. The summed E-state index contributed by atoms with van der Waals surface area (Å²) in [7, 11) is 0. The summed E-state index contributed by atoms with van der Waals surface area (Å²) >= 11 is 0. The van der Waals surface area contributed by atoms with Crippen molar-refractivity contribution in [3.8, 4) is 0 Å². The number of hydrogen-bond acceptors (Lipinski definition) is 4. The molecule has 0 saturated heterocycles. The molecule has 3 aromatic rings. The zero-order chi connectivity index (χ0) is 20.9. The van der Waals surface area contributed by atoms with Crippen molar-refractivity contribution >= 4 is 22.8 Å². The van der Waals surface area contributed by atoms with Crippen LogP contribution in [-0.4, -0.2) is 33.1 Å². The number of amides is 1. The average Bonchev–Trinajstić information content (AvgIpc) is 2.75. The van der Waals surface area contributed by atoms with E-state index < -0.39 is 11.4 Å². The predicted octanol–water partition coefficient (Wildman–Crippen LogP) is 2.34. The van der Waals surface area contributed by atoms with Crippen LogP contribution in [0.25, 0.3) is 10.9 Å². The monoisotopic (exact) mass is 393 g/mol. The zero-order valence-electron chi connectivity index (χ0n) is 16.2. The van der Waals surface area contributed by atoms with Crippen molar-refractivity contribution in [2.45, 2.75) is 31.7 Å². The van der Waals surface area contributed by atoms with Gasteiger partial charge in [0.05, 0.1) is 17.2 Å². The standard InChI is InChI=1S/C22H23N3O4/c1-2-22(21(28)29,16-8-4-3-5-9-16)14-23-19(26)12-13-25-15-24-18-11-7-6-10-17(18)20(25)27/h3-11,15H,2,12-14H2,1H3,(H,23,26)(H,28,29). The molecule has 7 heteroatoms. The highest BCUT2D eigenvalue weighted by atomic mass is 16.4. The summed E-state index contributed by atoms with van der Waals surface area (Å²) in [5, 5.41) is 13.1. The van der Waals surface area contributed by atoms with E-state index in [1.54, 1.807) is 49.4 Å². The van der Waals surface area contributed by atoms with E-state index in [1.807, 2.05) is 12.1 Å². The van der Waals surface area contributed by atoms with E-state index in [2.05, 4.69) is 10.3 Å². The van der Waals surface area contributed by atoms with Gasteiger partial charge in [-0.3, -0.25) is 19.0 Å². The summed E-state index contributed by atoms with van der Waals surface area (Å²) in [6.07, 6.45) is 1.81. The second-order valence-corrected chi connectivity index (χ2v) is 6.89. The minimum Gasteiger partial charge on any atom is -0.481 e. The lowest BCUT2D eigenvalue weighted by Crippen LogP contribution is -2.46. The smallest absolute Gasteiger partial charge is 0.315 e. The van der Waals surface area contributed by atoms with Gasteiger partial charge in [-0.15, -0.1) is 0 Å². The normalized spacial score (nSPS) is 13.0. The molecular formula is C22H23N3O4. The van der Waals surface area contributed by atoms with Gasteiger partial charge in [0, 0.05) is 19.5 Å². The molecule has 0 aliphatic rings. The first kappa shape index (κ1) is 20.3. The van der Waals surface area contributed by atoms with E-state index in [4.69, 9.17) is 0 Å². The molecule has 1 aromatic heterocycles. The predicted molar refractivity (Wildman–Crippen MR) is 110 cm³/mol. The number of aliphatic carboxylic acids is 1. The molecule has 0 spiro atoms. The summed E-state index contributed by atoms with van der Waals surface area (Å²) in [6.45, 7) is 1.93. The number of carboxylic acid groups (broad SMARTS) is 1. The van der Waals surface area contributed by atoms with E-state index in [1.165, 1.54) is 10.9 Å². The van der Waals surface area contributed by atoms with E-state index in [0.29, 0.717) is 22.9 Å². The van der Waals surface area contributed by atoms with E-state index in [9.17, 15) is 19.5 Å². The van der Waals surface area contributed by atoms with E-state index >= 15 is 0 Å². The van der Waals surface area contributed by atoms with Crippen LogP contribution >= 0.6 is 0 Å². The Labute approximate surface area is 168 Å². The number of para-hydroxylation sites is 1. The Hall–Kier alpha value is -3.48. The van der Waals surface area contributed by atoms with E-state index in [-0.39, 0.29) is 31.0 Å². The van der Waals surface area contributed by atoms with Crippen LogP contribution < -0.4 is 10.9 Å². The Kier molecular flexibility index (Phi) is 6.07. The molecule has 150 valence electrons.